The van der Waals surface area contributed by atoms with E-state index in [1.165, 1.54) is 6.42 Å². The predicted octanol–water partition coefficient (Wildman–Crippen LogP) is 2.58. The molecule has 4 heteroatoms. The van der Waals surface area contributed by atoms with Gasteiger partial charge in [-0.15, -0.1) is 0 Å². The molecule has 0 aliphatic carbocycles. The van der Waals surface area contributed by atoms with E-state index in [1.807, 2.05) is 7.11 Å². The summed E-state index contributed by atoms with van der Waals surface area (Å²) in [5.74, 6) is 0. The lowest BCUT2D eigenvalue weighted by atomic mass is 9.94. The van der Waals surface area contributed by atoms with Gasteiger partial charge in [-0.2, -0.15) is 0 Å². The minimum absolute atomic E-state index is 0.00490. The first kappa shape index (κ1) is 16.4. The molecule has 1 aliphatic rings. The zero-order chi connectivity index (χ0) is 15.3. The van der Waals surface area contributed by atoms with Crippen molar-refractivity contribution in [2.24, 2.45) is 0 Å². The van der Waals surface area contributed by atoms with E-state index < -0.39 is 0 Å². The summed E-state index contributed by atoms with van der Waals surface area (Å²) >= 11 is 0. The van der Waals surface area contributed by atoms with Crippen molar-refractivity contribution in [1.82, 2.24) is 15.2 Å². The van der Waals surface area contributed by atoms with Crippen LogP contribution in [0.25, 0.3) is 0 Å². The van der Waals surface area contributed by atoms with E-state index in [4.69, 9.17) is 9.72 Å². The SMILES string of the molecule is COC1(C)CCCN(Cc2cccc(CNC(C)C)n2)C1. The summed E-state index contributed by atoms with van der Waals surface area (Å²) in [4.78, 5) is 7.22. The van der Waals surface area contributed by atoms with Gasteiger partial charge < -0.3 is 10.1 Å². The Morgan fingerprint density at radius 3 is 2.86 bits per heavy atom. The molecule has 1 N–H and O–H groups in total. The summed E-state index contributed by atoms with van der Waals surface area (Å²) < 4.78 is 5.66. The Balaban J connectivity index is 1.94. The third-order valence-electron chi connectivity index (χ3n) is 4.17. The summed E-state index contributed by atoms with van der Waals surface area (Å²) in [7, 11) is 1.82. The summed E-state index contributed by atoms with van der Waals surface area (Å²) in [6.07, 6.45) is 2.34. The van der Waals surface area contributed by atoms with E-state index in [2.05, 4.69) is 49.2 Å². The number of hydrogen-bond donors (Lipinski definition) is 1. The highest BCUT2D eigenvalue weighted by molar-refractivity contribution is 5.11. The number of likely N-dealkylation sites (tertiary alicyclic amines) is 1. The second-order valence-electron chi connectivity index (χ2n) is 6.62. The van der Waals surface area contributed by atoms with E-state index in [0.29, 0.717) is 6.04 Å². The average Bonchev–Trinajstić information content (AvgIpc) is 2.46. The number of rotatable bonds is 6. The van der Waals surface area contributed by atoms with Gasteiger partial charge in [-0.3, -0.25) is 9.88 Å². The van der Waals surface area contributed by atoms with E-state index in [0.717, 1.165) is 44.0 Å². The highest BCUT2D eigenvalue weighted by Gasteiger charge is 2.30. The minimum atomic E-state index is -0.00490. The number of aromatic nitrogens is 1. The van der Waals surface area contributed by atoms with Crippen LogP contribution >= 0.6 is 0 Å². The van der Waals surface area contributed by atoms with Gasteiger partial charge in [0.25, 0.3) is 0 Å². The van der Waals surface area contributed by atoms with Gasteiger partial charge >= 0.3 is 0 Å². The molecule has 1 atom stereocenters. The van der Waals surface area contributed by atoms with Gasteiger partial charge in [-0.1, -0.05) is 19.9 Å². The Kier molecular flexibility index (Phi) is 5.73. The van der Waals surface area contributed by atoms with Gasteiger partial charge in [-0.05, 0) is 38.4 Å². The smallest absolute Gasteiger partial charge is 0.0777 e. The Labute approximate surface area is 128 Å². The molecule has 0 spiro atoms. The van der Waals surface area contributed by atoms with Gasteiger partial charge in [-0.25, -0.2) is 0 Å². The molecule has 2 heterocycles. The third-order valence-corrected chi connectivity index (χ3v) is 4.17. The van der Waals surface area contributed by atoms with Crippen molar-refractivity contribution < 1.29 is 4.74 Å². The summed E-state index contributed by atoms with van der Waals surface area (Å²) in [5.41, 5.74) is 2.26. The molecule has 4 nitrogen and oxygen atoms in total. The number of methoxy groups -OCH3 is 1. The number of hydrogen-bond acceptors (Lipinski definition) is 4. The van der Waals surface area contributed by atoms with Crippen LogP contribution in [0.3, 0.4) is 0 Å². The van der Waals surface area contributed by atoms with Crippen molar-refractivity contribution >= 4 is 0 Å². The summed E-state index contributed by atoms with van der Waals surface area (Å²) in [5, 5.41) is 3.42. The van der Waals surface area contributed by atoms with Crippen LogP contribution in [0.5, 0.6) is 0 Å². The van der Waals surface area contributed by atoms with Crippen LogP contribution in [0.1, 0.15) is 45.0 Å². The van der Waals surface area contributed by atoms with Crippen LogP contribution in [0.2, 0.25) is 0 Å². The standard InChI is InChI=1S/C17H29N3O/c1-14(2)18-11-15-7-5-8-16(19-15)12-20-10-6-9-17(3,13-20)21-4/h5,7-8,14,18H,6,9-13H2,1-4H3. The summed E-state index contributed by atoms with van der Waals surface area (Å²) in [6.45, 7) is 10.4. The predicted molar refractivity (Wildman–Crippen MR) is 86.1 cm³/mol. The number of piperidine rings is 1. The number of nitrogens with zero attached hydrogens (tertiary/aromatic N) is 2. The molecule has 1 aliphatic heterocycles. The Hall–Kier alpha value is -0.970. The molecule has 0 saturated carbocycles. The van der Waals surface area contributed by atoms with E-state index >= 15 is 0 Å². The fraction of sp³-hybridized carbons (Fsp3) is 0.706. The van der Waals surface area contributed by atoms with Crippen LogP contribution in [0.4, 0.5) is 0 Å². The van der Waals surface area contributed by atoms with Crippen LogP contribution in [0.15, 0.2) is 18.2 Å². The molecule has 118 valence electrons. The van der Waals surface area contributed by atoms with Crippen LogP contribution in [-0.4, -0.2) is 41.7 Å². The maximum atomic E-state index is 5.66. The van der Waals surface area contributed by atoms with E-state index in [-0.39, 0.29) is 5.60 Å². The molecule has 0 aromatic carbocycles. The monoisotopic (exact) mass is 291 g/mol. The Bertz CT molecular complexity index is 449. The summed E-state index contributed by atoms with van der Waals surface area (Å²) in [6, 6.07) is 6.81. The Morgan fingerprint density at radius 2 is 2.14 bits per heavy atom. The van der Waals surface area contributed by atoms with Gasteiger partial charge in [0.15, 0.2) is 0 Å². The van der Waals surface area contributed by atoms with Crippen LogP contribution in [0, 0.1) is 0 Å². The van der Waals surface area contributed by atoms with Crippen molar-refractivity contribution in [3.05, 3.63) is 29.6 Å². The van der Waals surface area contributed by atoms with Gasteiger partial charge in [0.05, 0.1) is 17.0 Å². The van der Waals surface area contributed by atoms with Crippen molar-refractivity contribution in [2.75, 3.05) is 20.2 Å². The van der Waals surface area contributed by atoms with Gasteiger partial charge in [0.2, 0.25) is 0 Å². The normalized spacial score (nSPS) is 23.7. The molecule has 1 fully saturated rings. The second-order valence-corrected chi connectivity index (χ2v) is 6.62. The maximum absolute atomic E-state index is 5.66. The third kappa shape index (κ3) is 5.06. The van der Waals surface area contributed by atoms with E-state index in [1.54, 1.807) is 0 Å². The van der Waals surface area contributed by atoms with Crippen molar-refractivity contribution in [3.8, 4) is 0 Å². The number of pyridine rings is 1. The molecule has 1 saturated heterocycles. The van der Waals surface area contributed by atoms with Crippen molar-refractivity contribution in [1.29, 1.82) is 0 Å². The molecule has 1 aromatic rings. The number of ether oxygens (including phenoxy) is 1. The molecule has 1 unspecified atom stereocenters. The molecule has 21 heavy (non-hydrogen) atoms. The van der Waals surface area contributed by atoms with Gasteiger partial charge in [0, 0.05) is 32.8 Å². The first-order chi connectivity index (χ1) is 10.0. The Morgan fingerprint density at radius 1 is 1.38 bits per heavy atom. The number of nitrogens with one attached hydrogen (secondary N) is 1. The van der Waals surface area contributed by atoms with E-state index in [9.17, 15) is 0 Å². The highest BCUT2D eigenvalue weighted by atomic mass is 16.5. The lowest BCUT2D eigenvalue weighted by molar-refractivity contribution is -0.0529. The molecular formula is C17H29N3O. The fourth-order valence-electron chi connectivity index (χ4n) is 2.86. The molecule has 1 aromatic heterocycles. The molecule has 2 rings (SSSR count). The zero-order valence-electron chi connectivity index (χ0n) is 13.9. The second kappa shape index (κ2) is 7.34. The van der Waals surface area contributed by atoms with Crippen molar-refractivity contribution in [2.45, 2.75) is 58.3 Å². The molecule has 0 radical (unpaired) electrons. The van der Waals surface area contributed by atoms with Crippen LogP contribution in [-0.2, 0) is 17.8 Å². The van der Waals surface area contributed by atoms with Crippen LogP contribution < -0.4 is 5.32 Å². The lowest BCUT2D eigenvalue weighted by Gasteiger charge is -2.39. The fourth-order valence-corrected chi connectivity index (χ4v) is 2.86. The highest BCUT2D eigenvalue weighted by Crippen LogP contribution is 2.24. The largest absolute Gasteiger partial charge is 0.377 e. The average molecular weight is 291 g/mol. The first-order valence-electron chi connectivity index (χ1n) is 7.96. The topological polar surface area (TPSA) is 37.4 Å². The minimum Gasteiger partial charge on any atom is -0.377 e. The van der Waals surface area contributed by atoms with Gasteiger partial charge in [0.1, 0.15) is 0 Å². The quantitative estimate of drug-likeness (QED) is 0.874. The molecule has 0 bridgehead atoms. The lowest BCUT2D eigenvalue weighted by Crippen LogP contribution is -2.46. The molecule has 0 amide bonds. The first-order valence-corrected chi connectivity index (χ1v) is 7.96. The zero-order valence-corrected chi connectivity index (χ0v) is 13.9. The maximum Gasteiger partial charge on any atom is 0.0777 e. The van der Waals surface area contributed by atoms with Crippen molar-refractivity contribution in [3.63, 3.8) is 0 Å². The molecular weight excluding hydrogens is 262 g/mol.